The van der Waals surface area contributed by atoms with Crippen LogP contribution in [0.1, 0.15) is 6.42 Å². The number of carboxylic acids is 2. The number of phosphoric acid groups is 2. The molecule has 1 aliphatic carbocycles. The summed E-state index contributed by atoms with van der Waals surface area (Å²) in [5, 5.41) is 31.8. The molecule has 0 aliphatic heterocycles. The predicted molar refractivity (Wildman–Crippen MR) is 63.5 cm³/mol. The molecule has 0 aromatic carbocycles. The summed E-state index contributed by atoms with van der Waals surface area (Å²) < 4.78 is 58.8. The summed E-state index contributed by atoms with van der Waals surface area (Å²) >= 11 is 0. The summed E-state index contributed by atoms with van der Waals surface area (Å²) in [4.78, 5) is 64.5. The molecule has 0 fully saturated rings. The van der Waals surface area contributed by atoms with Crippen molar-refractivity contribution in [2.24, 2.45) is 0 Å². The van der Waals surface area contributed by atoms with E-state index in [2.05, 4.69) is 13.8 Å². The zero-order chi connectivity index (χ0) is 22.1. The number of carboxylic acid groups (broad SMARTS) is 2. The van der Waals surface area contributed by atoms with Crippen LogP contribution in [0.5, 0.6) is 0 Å². The van der Waals surface area contributed by atoms with Crippen LogP contribution < -0.4 is 29.8 Å². The number of carbonyl (C=O) groups is 2. The average Bonchev–Trinajstić information content (AvgIpc) is 2.46. The Balaban J connectivity index is 3.36. The largest absolute Gasteiger partial charge is 0.790 e. The van der Waals surface area contributed by atoms with E-state index in [1.165, 1.54) is 0 Å². The Morgan fingerprint density at radius 3 is 2.07 bits per heavy atom. The van der Waals surface area contributed by atoms with E-state index in [0.717, 1.165) is 0 Å². The molecule has 0 aromatic rings. The van der Waals surface area contributed by atoms with Crippen LogP contribution >= 0.6 is 15.6 Å². The van der Waals surface area contributed by atoms with Crippen LogP contribution in [0.25, 0.3) is 0 Å². The quantitative estimate of drug-likeness (QED) is 0.252. The molecule has 0 unspecified atom stereocenters. The molecule has 1 rings (SSSR count). The number of aliphatic hydroxyl groups is 1. The fourth-order valence-electron chi connectivity index (χ4n) is 2.10. The Hall–Kier alpha value is -1.32. The number of ether oxygens (including phenoxy) is 1. The van der Waals surface area contributed by atoms with Crippen molar-refractivity contribution in [2.75, 3.05) is 0 Å². The zero-order valence-electron chi connectivity index (χ0n) is 13.0. The number of phosphoric ester groups is 2. The van der Waals surface area contributed by atoms with Crippen LogP contribution in [0.15, 0.2) is 11.6 Å². The fraction of sp³-hybridized carbons (Fsp3) is 0.600. The van der Waals surface area contributed by atoms with Gasteiger partial charge < -0.3 is 67.4 Å². The topological polar surface area (TPSA) is 255 Å². The van der Waals surface area contributed by atoms with Gasteiger partial charge in [0, 0.05) is 6.42 Å². The summed E-state index contributed by atoms with van der Waals surface area (Å²) in [6.07, 6.45) is -12.7. The molecule has 162 valence electrons. The van der Waals surface area contributed by atoms with Crippen molar-refractivity contribution in [3.63, 3.8) is 0 Å². The van der Waals surface area contributed by atoms with Gasteiger partial charge in [0.15, 0.2) is 0 Å². The van der Waals surface area contributed by atoms with Gasteiger partial charge in [-0.15, -0.1) is 0 Å². The lowest BCUT2D eigenvalue weighted by molar-refractivity contribution is -0.405. The molecule has 0 bridgehead atoms. The van der Waals surface area contributed by atoms with Crippen molar-refractivity contribution in [2.45, 2.75) is 36.9 Å². The lowest BCUT2D eigenvalue weighted by Gasteiger charge is -2.46. The van der Waals surface area contributed by atoms with Gasteiger partial charge in [-0.25, -0.2) is 8.78 Å². The van der Waals surface area contributed by atoms with Crippen LogP contribution in [0.2, 0.25) is 0 Å². The van der Waals surface area contributed by atoms with Crippen molar-refractivity contribution in [3.8, 4) is 0 Å². The number of aliphatic carboxylic acids is 2. The molecule has 0 saturated carbocycles. The SMILES string of the molecule is O=C([O-])C1=C[C@@H](OP(=O)([O-])[O-])[C@@H](O)[C@H](O[C@@](OP(=O)([O-])[O-])(C(=O)[O-])C(F)F)C1. The van der Waals surface area contributed by atoms with Gasteiger partial charge in [0.2, 0.25) is 0 Å². The minimum absolute atomic E-state index is 0.332. The molecule has 0 spiro atoms. The van der Waals surface area contributed by atoms with E-state index in [1.54, 1.807) is 0 Å². The molecule has 0 amide bonds. The van der Waals surface area contributed by atoms with Gasteiger partial charge in [0.25, 0.3) is 12.2 Å². The molecule has 4 atom stereocenters. The molecule has 0 heterocycles. The molecular weight excluding hydrogens is 444 g/mol. The highest BCUT2D eigenvalue weighted by Gasteiger charge is 2.50. The molecule has 0 saturated heterocycles. The van der Waals surface area contributed by atoms with E-state index in [-0.39, 0.29) is 0 Å². The van der Waals surface area contributed by atoms with E-state index in [0.29, 0.717) is 6.08 Å². The van der Waals surface area contributed by atoms with E-state index in [1.807, 2.05) is 0 Å². The van der Waals surface area contributed by atoms with Crippen LogP contribution in [0.4, 0.5) is 8.78 Å². The number of hydrogen-bond acceptors (Lipinski definition) is 14. The first-order chi connectivity index (χ1) is 12.5. The summed E-state index contributed by atoms with van der Waals surface area (Å²) in [6, 6.07) is 0. The normalized spacial score (nSPS) is 25.9. The number of alkyl halides is 2. The van der Waals surface area contributed by atoms with Gasteiger partial charge in [0.1, 0.15) is 18.2 Å². The van der Waals surface area contributed by atoms with Crippen molar-refractivity contribution in [1.82, 2.24) is 0 Å². The number of carbonyl (C=O) groups excluding carboxylic acids is 2. The Morgan fingerprint density at radius 2 is 1.71 bits per heavy atom. The Kier molecular flexibility index (Phi) is 7.58. The van der Waals surface area contributed by atoms with Gasteiger partial charge in [0.05, 0.1) is 27.7 Å². The van der Waals surface area contributed by atoms with E-state index in [4.69, 9.17) is 0 Å². The highest BCUT2D eigenvalue weighted by Crippen LogP contribution is 2.41. The maximum absolute atomic E-state index is 13.2. The number of halogens is 2. The molecule has 18 heteroatoms. The second-order valence-electron chi connectivity index (χ2n) is 5.14. The van der Waals surface area contributed by atoms with E-state index in [9.17, 15) is 62.4 Å². The van der Waals surface area contributed by atoms with Gasteiger partial charge in [-0.3, -0.25) is 0 Å². The van der Waals surface area contributed by atoms with Crippen molar-refractivity contribution < 1.29 is 76.2 Å². The first-order valence-corrected chi connectivity index (χ1v) is 9.61. The Morgan fingerprint density at radius 1 is 1.18 bits per heavy atom. The summed E-state index contributed by atoms with van der Waals surface area (Å²) in [5.41, 5.74) is -1.01. The molecule has 0 aromatic heterocycles. The van der Waals surface area contributed by atoms with Crippen LogP contribution in [-0.4, -0.2) is 47.6 Å². The fourth-order valence-corrected chi connectivity index (χ4v) is 3.11. The van der Waals surface area contributed by atoms with Crippen molar-refractivity contribution in [1.29, 1.82) is 0 Å². The second kappa shape index (κ2) is 8.59. The standard InChI is InChI=1S/C10H14F2O14P2/c11-8(12)10(9(16)17,26-28(21,22)23)24-4-1-3(7(14)15)2-5(6(4)13)25-27(18,19)20/h2,4-6,8,13H,1H2,(H,14,15)(H,16,17)(H2,18,19,20)(H2,21,22,23)/p-6/t4-,5-,6+,10+/m1/s1. The number of hydrogen-bond donors (Lipinski definition) is 1. The molecule has 1 aliphatic rings. The molecule has 1 N–H and O–H groups in total. The third-order valence-electron chi connectivity index (χ3n) is 3.16. The Bertz CT molecular complexity index is 742. The summed E-state index contributed by atoms with van der Waals surface area (Å²) in [5.74, 6) is -9.85. The third kappa shape index (κ3) is 6.35. The van der Waals surface area contributed by atoms with E-state index < -0.39 is 70.1 Å². The lowest BCUT2D eigenvalue weighted by Crippen LogP contribution is -2.61. The zero-order valence-corrected chi connectivity index (χ0v) is 14.8. The monoisotopic (exact) mass is 452 g/mol. The predicted octanol–water partition coefficient (Wildman–Crippen LogP) is -6.42. The number of aliphatic hydroxyl groups excluding tert-OH is 1. The lowest BCUT2D eigenvalue weighted by atomic mass is 9.92. The van der Waals surface area contributed by atoms with Crippen molar-refractivity contribution >= 4 is 27.6 Å². The molecule has 14 nitrogen and oxygen atoms in total. The van der Waals surface area contributed by atoms with Gasteiger partial charge in [-0.1, -0.05) is 0 Å². The smallest absolute Gasteiger partial charge is 0.297 e. The number of rotatable bonds is 9. The third-order valence-corrected chi connectivity index (χ3v) is 4.16. The first kappa shape index (κ1) is 24.7. The summed E-state index contributed by atoms with van der Waals surface area (Å²) in [7, 11) is -12.4. The average molecular weight is 452 g/mol. The van der Waals surface area contributed by atoms with E-state index >= 15 is 0 Å². The minimum atomic E-state index is -6.49. The van der Waals surface area contributed by atoms with Crippen LogP contribution in [-0.2, 0) is 32.5 Å². The Labute approximate surface area is 153 Å². The van der Waals surface area contributed by atoms with Gasteiger partial charge >= 0.3 is 0 Å². The van der Waals surface area contributed by atoms with Gasteiger partial charge in [-0.05, 0) is 11.6 Å². The minimum Gasteiger partial charge on any atom is -0.790 e. The summed E-state index contributed by atoms with van der Waals surface area (Å²) in [6.45, 7) is 0. The maximum Gasteiger partial charge on any atom is 0.297 e. The van der Waals surface area contributed by atoms with Crippen LogP contribution in [0, 0.1) is 0 Å². The highest BCUT2D eigenvalue weighted by molar-refractivity contribution is 7.43. The second-order valence-corrected chi connectivity index (χ2v) is 7.32. The van der Waals surface area contributed by atoms with Crippen LogP contribution in [0.3, 0.4) is 0 Å². The molecular formula is C10H8F2O14P2-6. The first-order valence-electron chi connectivity index (χ1n) is 6.69. The molecule has 28 heavy (non-hydrogen) atoms. The molecule has 0 radical (unpaired) electrons. The van der Waals surface area contributed by atoms with Gasteiger partial charge in [-0.2, -0.15) is 0 Å². The van der Waals surface area contributed by atoms with Crippen molar-refractivity contribution in [3.05, 3.63) is 11.6 Å². The maximum atomic E-state index is 13.2. The highest BCUT2D eigenvalue weighted by atomic mass is 31.2.